The predicted octanol–water partition coefficient (Wildman–Crippen LogP) is 2.29. The van der Waals surface area contributed by atoms with E-state index >= 15 is 0 Å². The molecule has 0 aliphatic heterocycles. The lowest BCUT2D eigenvalue weighted by Gasteiger charge is -2.07. The van der Waals surface area contributed by atoms with Gasteiger partial charge in [-0.05, 0) is 12.8 Å². The average molecular weight is 219 g/mol. The second-order valence-electron chi connectivity index (χ2n) is 3.11. The van der Waals surface area contributed by atoms with Crippen molar-refractivity contribution in [2.45, 2.75) is 12.8 Å². The summed E-state index contributed by atoms with van der Waals surface area (Å²) in [7, 11) is 0. The van der Waals surface area contributed by atoms with E-state index in [1.807, 2.05) is 0 Å². The Morgan fingerprint density at radius 3 is 2.53 bits per heavy atom. The second-order valence-corrected chi connectivity index (χ2v) is 3.11. The number of rotatable bonds is 5. The zero-order chi connectivity index (χ0) is 11.3. The van der Waals surface area contributed by atoms with Gasteiger partial charge in [0.05, 0.1) is 5.69 Å². The first kappa shape index (κ1) is 11.8. The highest BCUT2D eigenvalue weighted by atomic mass is 19.2. The van der Waals surface area contributed by atoms with Crippen LogP contribution in [0.25, 0.3) is 0 Å². The highest BCUT2D eigenvalue weighted by molar-refractivity contribution is 5.45. The van der Waals surface area contributed by atoms with E-state index in [0.717, 1.165) is 6.07 Å². The first-order chi connectivity index (χ1) is 7.15. The van der Waals surface area contributed by atoms with E-state index in [0.29, 0.717) is 25.5 Å². The molecular weight excluding hydrogens is 207 g/mol. The van der Waals surface area contributed by atoms with E-state index in [4.69, 9.17) is 5.11 Å². The number of nitrogens with one attached hydrogen (secondary N) is 1. The Hall–Kier alpha value is -1.23. The third-order valence-electron chi connectivity index (χ3n) is 1.89. The van der Waals surface area contributed by atoms with Gasteiger partial charge in [0.1, 0.15) is 5.82 Å². The molecule has 0 saturated carbocycles. The molecule has 0 unspecified atom stereocenters. The van der Waals surface area contributed by atoms with Crippen LogP contribution < -0.4 is 5.32 Å². The lowest BCUT2D eigenvalue weighted by atomic mass is 10.2. The monoisotopic (exact) mass is 219 g/mol. The second kappa shape index (κ2) is 5.60. The maximum absolute atomic E-state index is 13.0. The number of anilines is 1. The van der Waals surface area contributed by atoms with Crippen LogP contribution in [-0.4, -0.2) is 18.3 Å². The molecule has 0 fully saturated rings. The van der Waals surface area contributed by atoms with Gasteiger partial charge in [-0.2, -0.15) is 0 Å². The Bertz CT molecular complexity index is 331. The summed E-state index contributed by atoms with van der Waals surface area (Å²) in [4.78, 5) is 0. The Morgan fingerprint density at radius 2 is 1.87 bits per heavy atom. The fourth-order valence-electron chi connectivity index (χ4n) is 1.14. The molecular formula is C10H12F3NO. The maximum Gasteiger partial charge on any atom is 0.182 e. The fourth-order valence-corrected chi connectivity index (χ4v) is 1.14. The molecule has 0 spiro atoms. The molecule has 0 aromatic heterocycles. The molecule has 0 heterocycles. The van der Waals surface area contributed by atoms with Gasteiger partial charge in [0.2, 0.25) is 0 Å². The van der Waals surface area contributed by atoms with Crippen molar-refractivity contribution in [2.75, 3.05) is 18.5 Å². The maximum atomic E-state index is 13.0. The zero-order valence-electron chi connectivity index (χ0n) is 8.06. The topological polar surface area (TPSA) is 32.3 Å². The number of aliphatic hydroxyl groups is 1. The number of unbranched alkanes of at least 4 members (excludes halogenated alkanes) is 1. The molecule has 1 aromatic rings. The van der Waals surface area contributed by atoms with Gasteiger partial charge >= 0.3 is 0 Å². The van der Waals surface area contributed by atoms with Gasteiger partial charge in [-0.1, -0.05) is 0 Å². The molecule has 15 heavy (non-hydrogen) atoms. The summed E-state index contributed by atoms with van der Waals surface area (Å²) >= 11 is 0. The van der Waals surface area contributed by atoms with E-state index in [-0.39, 0.29) is 12.3 Å². The smallest absolute Gasteiger partial charge is 0.182 e. The van der Waals surface area contributed by atoms with E-state index in [1.165, 1.54) is 0 Å². The van der Waals surface area contributed by atoms with Crippen LogP contribution in [0.15, 0.2) is 12.1 Å². The van der Waals surface area contributed by atoms with Gasteiger partial charge in [-0.15, -0.1) is 0 Å². The van der Waals surface area contributed by atoms with E-state index in [9.17, 15) is 13.2 Å². The van der Waals surface area contributed by atoms with Gasteiger partial charge < -0.3 is 10.4 Å². The third-order valence-corrected chi connectivity index (χ3v) is 1.89. The molecule has 0 aliphatic carbocycles. The standard InChI is InChI=1S/C10H12F3NO/c11-7-5-8(12)10(13)9(6-7)14-3-1-2-4-15/h5-6,14-15H,1-4H2. The summed E-state index contributed by atoms with van der Waals surface area (Å²) in [6, 6.07) is 1.39. The molecule has 1 rings (SSSR count). The molecule has 0 saturated heterocycles. The largest absolute Gasteiger partial charge is 0.396 e. The summed E-state index contributed by atoms with van der Waals surface area (Å²) in [5.74, 6) is -3.11. The van der Waals surface area contributed by atoms with Crippen molar-refractivity contribution >= 4 is 5.69 Å². The fraction of sp³-hybridized carbons (Fsp3) is 0.400. The summed E-state index contributed by atoms with van der Waals surface area (Å²) in [5.41, 5.74) is -0.189. The van der Waals surface area contributed by atoms with Crippen LogP contribution in [0.5, 0.6) is 0 Å². The highest BCUT2D eigenvalue weighted by Crippen LogP contribution is 2.18. The minimum atomic E-state index is -1.21. The normalized spacial score (nSPS) is 10.4. The predicted molar refractivity (Wildman–Crippen MR) is 51.1 cm³/mol. The molecule has 84 valence electrons. The van der Waals surface area contributed by atoms with E-state index in [1.54, 1.807) is 0 Å². The van der Waals surface area contributed by atoms with Crippen molar-refractivity contribution in [1.82, 2.24) is 0 Å². The molecule has 5 heteroatoms. The molecule has 0 atom stereocenters. The molecule has 0 amide bonds. The average Bonchev–Trinajstić information content (AvgIpc) is 2.19. The van der Waals surface area contributed by atoms with Gasteiger partial charge in [-0.25, -0.2) is 13.2 Å². The summed E-state index contributed by atoms with van der Waals surface area (Å²) < 4.78 is 38.5. The summed E-state index contributed by atoms with van der Waals surface area (Å²) in [6.45, 7) is 0.405. The van der Waals surface area contributed by atoms with Crippen molar-refractivity contribution < 1.29 is 18.3 Å². The SMILES string of the molecule is OCCCCNc1cc(F)cc(F)c1F. The van der Waals surface area contributed by atoms with Crippen LogP contribution in [-0.2, 0) is 0 Å². The summed E-state index contributed by atoms with van der Waals surface area (Å²) in [6.07, 6.45) is 1.17. The Kier molecular flexibility index (Phi) is 4.42. The molecule has 2 N–H and O–H groups in total. The first-order valence-corrected chi connectivity index (χ1v) is 4.64. The van der Waals surface area contributed by atoms with Crippen LogP contribution in [0.4, 0.5) is 18.9 Å². The van der Waals surface area contributed by atoms with Crippen molar-refractivity contribution in [1.29, 1.82) is 0 Å². The number of halogens is 3. The molecule has 0 radical (unpaired) electrons. The third kappa shape index (κ3) is 3.43. The number of hydrogen-bond acceptors (Lipinski definition) is 2. The number of hydrogen-bond donors (Lipinski definition) is 2. The highest BCUT2D eigenvalue weighted by Gasteiger charge is 2.09. The first-order valence-electron chi connectivity index (χ1n) is 4.64. The Labute approximate surface area is 85.7 Å². The van der Waals surface area contributed by atoms with Crippen LogP contribution in [0.1, 0.15) is 12.8 Å². The minimum Gasteiger partial charge on any atom is -0.396 e. The van der Waals surface area contributed by atoms with Gasteiger partial charge in [0.25, 0.3) is 0 Å². The molecule has 1 aromatic carbocycles. The van der Waals surface area contributed by atoms with Crippen molar-refractivity contribution in [3.63, 3.8) is 0 Å². The Balaban J connectivity index is 2.60. The van der Waals surface area contributed by atoms with Crippen LogP contribution in [0.3, 0.4) is 0 Å². The van der Waals surface area contributed by atoms with Crippen molar-refractivity contribution in [2.24, 2.45) is 0 Å². The minimum absolute atomic E-state index is 0.0433. The number of aliphatic hydroxyl groups excluding tert-OH is 1. The lowest BCUT2D eigenvalue weighted by molar-refractivity contribution is 0.286. The van der Waals surface area contributed by atoms with Crippen LogP contribution >= 0.6 is 0 Å². The van der Waals surface area contributed by atoms with E-state index in [2.05, 4.69) is 5.32 Å². The van der Waals surface area contributed by atoms with Crippen LogP contribution in [0, 0.1) is 17.5 Å². The van der Waals surface area contributed by atoms with Gasteiger partial charge in [0, 0.05) is 25.3 Å². The zero-order valence-corrected chi connectivity index (χ0v) is 8.06. The van der Waals surface area contributed by atoms with Crippen molar-refractivity contribution in [3.8, 4) is 0 Å². The molecule has 2 nitrogen and oxygen atoms in total. The van der Waals surface area contributed by atoms with Crippen molar-refractivity contribution in [3.05, 3.63) is 29.6 Å². The Morgan fingerprint density at radius 1 is 1.13 bits per heavy atom. The summed E-state index contributed by atoms with van der Waals surface area (Å²) in [5, 5.41) is 11.0. The quantitative estimate of drug-likeness (QED) is 0.588. The molecule has 0 bridgehead atoms. The van der Waals surface area contributed by atoms with Crippen LogP contribution in [0.2, 0.25) is 0 Å². The van der Waals surface area contributed by atoms with E-state index < -0.39 is 17.5 Å². The molecule has 0 aliphatic rings. The van der Waals surface area contributed by atoms with Gasteiger partial charge in [0.15, 0.2) is 11.6 Å². The van der Waals surface area contributed by atoms with Gasteiger partial charge in [-0.3, -0.25) is 0 Å². The number of benzene rings is 1. The lowest BCUT2D eigenvalue weighted by Crippen LogP contribution is -2.05.